The van der Waals surface area contributed by atoms with Gasteiger partial charge in [0, 0.05) is 0 Å². The van der Waals surface area contributed by atoms with Crippen LogP contribution in [0.4, 0.5) is 26.3 Å². The van der Waals surface area contributed by atoms with Gasteiger partial charge >= 0.3 is 17.8 Å². The van der Waals surface area contributed by atoms with Gasteiger partial charge in [0.25, 0.3) is 0 Å². The smallest absolute Gasteiger partial charge is 0.343 e. The van der Waals surface area contributed by atoms with Crippen molar-refractivity contribution in [2.45, 2.75) is 31.6 Å². The Kier molecular flexibility index (Phi) is 6.60. The molecule has 0 spiro atoms. The highest BCUT2D eigenvalue weighted by Crippen LogP contribution is 2.60. The van der Waals surface area contributed by atoms with Crippen LogP contribution in [0.5, 0.6) is 11.5 Å². The topological polar surface area (TPSA) is 35.5 Å². The predicted octanol–water partition coefficient (Wildman–Crippen LogP) is 7.57. The number of benzene rings is 3. The average Bonchev–Trinajstić information content (AvgIpc) is 2.84. The van der Waals surface area contributed by atoms with Crippen LogP contribution >= 0.6 is 0 Å². The summed E-state index contributed by atoms with van der Waals surface area (Å²) in [7, 11) is 0. The van der Waals surface area contributed by atoms with Crippen LogP contribution in [0.15, 0.2) is 61.2 Å². The van der Waals surface area contributed by atoms with Crippen LogP contribution in [0, 0.1) is 11.6 Å². The number of aryl methyl sites for hydroxylation is 1. The van der Waals surface area contributed by atoms with Gasteiger partial charge in [0.15, 0.2) is 23.1 Å². The summed E-state index contributed by atoms with van der Waals surface area (Å²) >= 11 is 0. The molecule has 0 saturated heterocycles. The average molecular weight is 506 g/mol. The number of allylic oxidation sites excluding steroid dienone is 1. The molecule has 1 aliphatic carbocycles. The third-order valence-electron chi connectivity index (χ3n) is 5.85. The van der Waals surface area contributed by atoms with Crippen molar-refractivity contribution in [3.05, 3.63) is 95.1 Å². The number of rotatable bonds is 7. The standard InChI is InChI=1S/C27H20F6O3/c1-3-5-6-15-7-9-16(10-8-15)25(34)36-20-14-12-18-17-11-13-19(35-4-2)23(28)21(17)26(30,31)27(32,33)22(18)24(20)29/h3,7-14H,1,4-6H2,2H3. The Morgan fingerprint density at radius 3 is 1.92 bits per heavy atom. The van der Waals surface area contributed by atoms with E-state index in [-0.39, 0.29) is 12.2 Å². The lowest BCUT2D eigenvalue weighted by molar-refractivity contribution is -0.228. The van der Waals surface area contributed by atoms with E-state index in [0.717, 1.165) is 29.8 Å². The normalized spacial score (nSPS) is 15.0. The van der Waals surface area contributed by atoms with Crippen molar-refractivity contribution in [3.63, 3.8) is 0 Å². The first-order valence-corrected chi connectivity index (χ1v) is 11.0. The fraction of sp³-hybridized carbons (Fsp3) is 0.222. The molecule has 0 aliphatic heterocycles. The van der Waals surface area contributed by atoms with Crippen LogP contribution in [-0.2, 0) is 18.3 Å². The van der Waals surface area contributed by atoms with Crippen LogP contribution in [0.3, 0.4) is 0 Å². The molecule has 0 bridgehead atoms. The van der Waals surface area contributed by atoms with Gasteiger partial charge in [-0.25, -0.2) is 13.6 Å². The van der Waals surface area contributed by atoms with Crippen molar-refractivity contribution < 1.29 is 40.6 Å². The van der Waals surface area contributed by atoms with Gasteiger partial charge in [-0.05, 0) is 72.9 Å². The molecule has 188 valence electrons. The minimum absolute atomic E-state index is 0.00225. The summed E-state index contributed by atoms with van der Waals surface area (Å²) < 4.78 is 100.0. The maximum atomic E-state index is 15.2. The van der Waals surface area contributed by atoms with Crippen LogP contribution < -0.4 is 9.47 Å². The molecule has 4 rings (SSSR count). The first-order chi connectivity index (χ1) is 17.0. The largest absolute Gasteiger partial charge is 0.491 e. The van der Waals surface area contributed by atoms with Crippen molar-refractivity contribution in [1.29, 1.82) is 0 Å². The molecule has 36 heavy (non-hydrogen) atoms. The van der Waals surface area contributed by atoms with Crippen LogP contribution in [-0.4, -0.2) is 12.6 Å². The van der Waals surface area contributed by atoms with Gasteiger partial charge in [-0.15, -0.1) is 6.58 Å². The first-order valence-electron chi connectivity index (χ1n) is 11.0. The van der Waals surface area contributed by atoms with Gasteiger partial charge in [0.2, 0.25) is 0 Å². The molecule has 0 N–H and O–H groups in total. The third-order valence-corrected chi connectivity index (χ3v) is 5.85. The lowest BCUT2D eigenvalue weighted by atomic mass is 9.79. The van der Waals surface area contributed by atoms with E-state index in [2.05, 4.69) is 6.58 Å². The van der Waals surface area contributed by atoms with E-state index in [0.29, 0.717) is 12.8 Å². The summed E-state index contributed by atoms with van der Waals surface area (Å²) in [6.45, 7) is 5.00. The number of carbonyl (C=O) groups is 1. The van der Waals surface area contributed by atoms with E-state index < -0.39 is 63.2 Å². The van der Waals surface area contributed by atoms with Gasteiger partial charge < -0.3 is 9.47 Å². The zero-order valence-electron chi connectivity index (χ0n) is 19.0. The molecular weight excluding hydrogens is 486 g/mol. The second-order valence-electron chi connectivity index (χ2n) is 8.10. The molecule has 0 radical (unpaired) electrons. The fourth-order valence-electron chi connectivity index (χ4n) is 4.07. The summed E-state index contributed by atoms with van der Waals surface area (Å²) in [6.07, 6.45) is 3.11. The van der Waals surface area contributed by atoms with Crippen molar-refractivity contribution in [3.8, 4) is 22.6 Å². The SMILES string of the molecule is C=CCCc1ccc(C(=O)Oc2ccc3c(c2F)C(F)(F)C(F)(F)c2c-3ccc(OCC)c2F)cc1. The van der Waals surface area contributed by atoms with Gasteiger partial charge in [-0.2, -0.15) is 17.6 Å². The molecule has 0 amide bonds. The maximum Gasteiger partial charge on any atom is 0.343 e. The Hall–Kier alpha value is -3.75. The van der Waals surface area contributed by atoms with E-state index >= 15 is 13.2 Å². The number of carbonyl (C=O) groups excluding carboxylic acids is 1. The minimum Gasteiger partial charge on any atom is -0.491 e. The lowest BCUT2D eigenvalue weighted by Crippen LogP contribution is -2.41. The Bertz CT molecular complexity index is 1330. The fourth-order valence-corrected chi connectivity index (χ4v) is 4.07. The molecule has 0 aromatic heterocycles. The summed E-state index contributed by atoms with van der Waals surface area (Å²) in [6, 6.07) is 9.82. The van der Waals surface area contributed by atoms with Gasteiger partial charge in [0.05, 0.1) is 23.3 Å². The molecular formula is C27H20F6O3. The molecule has 0 fully saturated rings. The minimum atomic E-state index is -5.15. The van der Waals surface area contributed by atoms with Gasteiger partial charge in [-0.1, -0.05) is 18.2 Å². The highest BCUT2D eigenvalue weighted by molar-refractivity contribution is 5.91. The molecule has 0 atom stereocenters. The van der Waals surface area contributed by atoms with E-state index in [4.69, 9.17) is 9.47 Å². The second-order valence-corrected chi connectivity index (χ2v) is 8.10. The summed E-state index contributed by atoms with van der Waals surface area (Å²) in [4.78, 5) is 12.5. The monoisotopic (exact) mass is 506 g/mol. The molecule has 0 saturated carbocycles. The number of esters is 1. The highest BCUT2D eigenvalue weighted by Gasteiger charge is 2.65. The number of fused-ring (bicyclic) bond motifs is 3. The van der Waals surface area contributed by atoms with E-state index in [1.807, 2.05) is 0 Å². The molecule has 3 nitrogen and oxygen atoms in total. The number of hydrogen-bond acceptors (Lipinski definition) is 3. The Labute approximate surface area is 203 Å². The highest BCUT2D eigenvalue weighted by atomic mass is 19.3. The maximum absolute atomic E-state index is 15.2. The van der Waals surface area contributed by atoms with Crippen LogP contribution in [0.2, 0.25) is 0 Å². The van der Waals surface area contributed by atoms with Crippen molar-refractivity contribution in [1.82, 2.24) is 0 Å². The molecule has 1 aliphatic rings. The molecule has 9 heteroatoms. The molecule has 0 heterocycles. The third kappa shape index (κ3) is 4.02. The van der Waals surface area contributed by atoms with Crippen molar-refractivity contribution in [2.24, 2.45) is 0 Å². The van der Waals surface area contributed by atoms with Crippen LogP contribution in [0.25, 0.3) is 11.1 Å². The quantitative estimate of drug-likeness (QED) is 0.144. The van der Waals surface area contributed by atoms with Crippen molar-refractivity contribution >= 4 is 5.97 Å². The van der Waals surface area contributed by atoms with Gasteiger partial charge in [-0.3, -0.25) is 0 Å². The van der Waals surface area contributed by atoms with E-state index in [1.54, 1.807) is 18.2 Å². The Morgan fingerprint density at radius 1 is 0.861 bits per heavy atom. The first kappa shape index (κ1) is 25.3. The lowest BCUT2D eigenvalue weighted by Gasteiger charge is -2.35. The zero-order chi connectivity index (χ0) is 26.3. The molecule has 3 aromatic carbocycles. The van der Waals surface area contributed by atoms with Gasteiger partial charge in [0.1, 0.15) is 0 Å². The second kappa shape index (κ2) is 9.37. The molecule has 0 unspecified atom stereocenters. The number of halogens is 6. The summed E-state index contributed by atoms with van der Waals surface area (Å²) in [5, 5.41) is 0. The Balaban J connectivity index is 1.75. The predicted molar refractivity (Wildman–Crippen MR) is 121 cm³/mol. The van der Waals surface area contributed by atoms with E-state index in [9.17, 15) is 18.0 Å². The van der Waals surface area contributed by atoms with E-state index in [1.165, 1.54) is 19.1 Å². The van der Waals surface area contributed by atoms with Crippen LogP contribution in [0.1, 0.15) is 40.4 Å². The number of hydrogen-bond donors (Lipinski definition) is 0. The summed E-state index contributed by atoms with van der Waals surface area (Å²) in [5.41, 5.74) is -3.64. The molecule has 3 aromatic rings. The Morgan fingerprint density at radius 2 is 1.39 bits per heavy atom. The number of ether oxygens (including phenoxy) is 2. The zero-order valence-corrected chi connectivity index (χ0v) is 19.0. The number of alkyl halides is 4. The summed E-state index contributed by atoms with van der Waals surface area (Å²) in [5.74, 6) is -16.4. The van der Waals surface area contributed by atoms with Crippen molar-refractivity contribution in [2.75, 3.05) is 6.61 Å².